The molecule has 2 aromatic carbocycles. The van der Waals surface area contributed by atoms with Gasteiger partial charge in [-0.3, -0.25) is 0 Å². The van der Waals surface area contributed by atoms with Gasteiger partial charge in [-0.05, 0) is 46.0 Å². The molecule has 2 aliphatic carbocycles. The van der Waals surface area contributed by atoms with Gasteiger partial charge in [0.15, 0.2) is 0 Å². The van der Waals surface area contributed by atoms with E-state index in [4.69, 9.17) is 19.7 Å². The first-order chi connectivity index (χ1) is 11.5. The SMILES string of the molecule is O=C(O)Oc1cc2c3c4c(ccc3c1)CC(OC(=O)O)CC4C=C2. The van der Waals surface area contributed by atoms with Crippen LogP contribution in [0.15, 0.2) is 30.3 Å². The summed E-state index contributed by atoms with van der Waals surface area (Å²) in [4.78, 5) is 21.6. The molecule has 2 unspecified atom stereocenters. The second-order valence-electron chi connectivity index (χ2n) is 6.03. The summed E-state index contributed by atoms with van der Waals surface area (Å²) in [5.74, 6) is 0.386. The van der Waals surface area contributed by atoms with Crippen molar-refractivity contribution in [1.29, 1.82) is 0 Å². The largest absolute Gasteiger partial charge is 0.511 e. The summed E-state index contributed by atoms with van der Waals surface area (Å²) in [6, 6.07) is 7.29. The Morgan fingerprint density at radius 3 is 2.71 bits per heavy atom. The van der Waals surface area contributed by atoms with Gasteiger partial charge in [-0.25, -0.2) is 9.59 Å². The number of benzene rings is 2. The Kier molecular flexibility index (Phi) is 3.19. The van der Waals surface area contributed by atoms with Crippen LogP contribution in [0.4, 0.5) is 9.59 Å². The highest BCUT2D eigenvalue weighted by Crippen LogP contribution is 2.44. The lowest BCUT2D eigenvalue weighted by molar-refractivity contribution is 0.0444. The van der Waals surface area contributed by atoms with Crippen molar-refractivity contribution < 1.29 is 29.3 Å². The summed E-state index contributed by atoms with van der Waals surface area (Å²) >= 11 is 0. The first-order valence-electron chi connectivity index (χ1n) is 7.59. The van der Waals surface area contributed by atoms with Crippen LogP contribution in [-0.2, 0) is 11.2 Å². The average Bonchev–Trinajstić information content (AvgIpc) is 2.50. The molecule has 122 valence electrons. The smallest absolute Gasteiger partial charge is 0.450 e. The molecule has 0 saturated carbocycles. The third-order valence-corrected chi connectivity index (χ3v) is 4.57. The maximum atomic E-state index is 10.8. The van der Waals surface area contributed by atoms with Crippen LogP contribution in [0.5, 0.6) is 5.75 Å². The maximum Gasteiger partial charge on any atom is 0.511 e. The Balaban J connectivity index is 1.83. The van der Waals surface area contributed by atoms with E-state index in [-0.39, 0.29) is 17.8 Å². The fourth-order valence-electron chi connectivity index (χ4n) is 3.79. The first kappa shape index (κ1) is 14.6. The van der Waals surface area contributed by atoms with Crippen molar-refractivity contribution in [3.63, 3.8) is 0 Å². The third kappa shape index (κ3) is 2.36. The highest BCUT2D eigenvalue weighted by Gasteiger charge is 2.31. The number of ether oxygens (including phenoxy) is 2. The fourth-order valence-corrected chi connectivity index (χ4v) is 3.79. The van der Waals surface area contributed by atoms with Crippen LogP contribution in [0.1, 0.15) is 29.0 Å². The Bertz CT molecular complexity index is 898. The van der Waals surface area contributed by atoms with Gasteiger partial charge in [-0.1, -0.05) is 24.3 Å². The van der Waals surface area contributed by atoms with Gasteiger partial charge >= 0.3 is 12.3 Å². The number of allylic oxidation sites excluding steroid dienone is 1. The van der Waals surface area contributed by atoms with Gasteiger partial charge < -0.3 is 19.7 Å². The van der Waals surface area contributed by atoms with E-state index >= 15 is 0 Å². The number of hydrogen-bond acceptors (Lipinski definition) is 4. The van der Waals surface area contributed by atoms with E-state index in [0.29, 0.717) is 12.8 Å². The average molecular weight is 326 g/mol. The molecule has 0 aromatic heterocycles. The van der Waals surface area contributed by atoms with Crippen LogP contribution in [0.3, 0.4) is 0 Å². The lowest BCUT2D eigenvalue weighted by atomic mass is 9.75. The number of carboxylic acid groups (broad SMARTS) is 2. The summed E-state index contributed by atoms with van der Waals surface area (Å²) in [5, 5.41) is 19.6. The molecule has 0 bridgehead atoms. The van der Waals surface area contributed by atoms with Crippen LogP contribution >= 0.6 is 0 Å². The summed E-state index contributed by atoms with van der Waals surface area (Å²) in [6.07, 6.45) is 2.17. The van der Waals surface area contributed by atoms with E-state index in [1.807, 2.05) is 24.3 Å². The predicted molar refractivity (Wildman–Crippen MR) is 85.6 cm³/mol. The Morgan fingerprint density at radius 1 is 1.12 bits per heavy atom. The van der Waals surface area contributed by atoms with Crippen molar-refractivity contribution in [2.24, 2.45) is 0 Å². The molecule has 6 nitrogen and oxygen atoms in total. The molecule has 0 heterocycles. The van der Waals surface area contributed by atoms with Gasteiger partial charge in [-0.2, -0.15) is 0 Å². The van der Waals surface area contributed by atoms with E-state index in [1.54, 1.807) is 12.1 Å². The molecule has 2 atom stereocenters. The standard InChI is InChI=1S/C18H14O6/c19-17(20)23-13-5-9-1-2-10-6-14(24-18(21)22)8-12-4-3-11(7-13)15(9)16(10)12/h1-5,7,10,14H,6,8H2,(H,19,20)(H,21,22). The molecule has 24 heavy (non-hydrogen) atoms. The molecule has 2 aromatic rings. The molecule has 0 spiro atoms. The molecule has 0 fully saturated rings. The second-order valence-corrected chi connectivity index (χ2v) is 6.03. The van der Waals surface area contributed by atoms with Gasteiger partial charge in [0.25, 0.3) is 0 Å². The molecule has 2 N–H and O–H groups in total. The predicted octanol–water partition coefficient (Wildman–Crippen LogP) is 4.02. The lowest BCUT2D eigenvalue weighted by Gasteiger charge is -2.32. The first-order valence-corrected chi connectivity index (χ1v) is 7.59. The molecule has 0 amide bonds. The Labute approximate surface area is 136 Å². The monoisotopic (exact) mass is 326 g/mol. The minimum atomic E-state index is -1.34. The summed E-state index contributed by atoms with van der Waals surface area (Å²) in [5.41, 5.74) is 3.16. The zero-order valence-electron chi connectivity index (χ0n) is 12.6. The molecular formula is C18H14O6. The van der Waals surface area contributed by atoms with Crippen molar-refractivity contribution in [3.8, 4) is 5.75 Å². The van der Waals surface area contributed by atoms with Gasteiger partial charge in [0, 0.05) is 12.3 Å². The van der Waals surface area contributed by atoms with Crippen LogP contribution in [-0.4, -0.2) is 28.6 Å². The topological polar surface area (TPSA) is 93.1 Å². The van der Waals surface area contributed by atoms with Crippen molar-refractivity contribution in [2.75, 3.05) is 0 Å². The summed E-state index contributed by atoms with van der Waals surface area (Å²) in [6.45, 7) is 0. The van der Waals surface area contributed by atoms with E-state index < -0.39 is 12.3 Å². The van der Waals surface area contributed by atoms with Gasteiger partial charge in [0.2, 0.25) is 0 Å². The summed E-state index contributed by atoms with van der Waals surface area (Å²) in [7, 11) is 0. The van der Waals surface area contributed by atoms with E-state index in [9.17, 15) is 9.59 Å². The highest BCUT2D eigenvalue weighted by molar-refractivity contribution is 5.98. The zero-order valence-corrected chi connectivity index (χ0v) is 12.6. The summed E-state index contributed by atoms with van der Waals surface area (Å²) < 4.78 is 9.76. The van der Waals surface area contributed by atoms with E-state index in [2.05, 4.69) is 0 Å². The minimum Gasteiger partial charge on any atom is -0.450 e. The third-order valence-electron chi connectivity index (χ3n) is 4.57. The number of carbonyl (C=O) groups is 2. The molecule has 0 saturated heterocycles. The van der Waals surface area contributed by atoms with Crippen molar-refractivity contribution in [1.82, 2.24) is 0 Å². The van der Waals surface area contributed by atoms with Gasteiger partial charge in [0.1, 0.15) is 11.9 Å². The van der Waals surface area contributed by atoms with Crippen LogP contribution < -0.4 is 4.74 Å². The molecule has 4 rings (SSSR count). The molecule has 0 radical (unpaired) electrons. The van der Waals surface area contributed by atoms with Crippen LogP contribution in [0.25, 0.3) is 16.8 Å². The number of rotatable bonds is 2. The Morgan fingerprint density at radius 2 is 1.96 bits per heavy atom. The van der Waals surface area contributed by atoms with Crippen molar-refractivity contribution in [3.05, 3.63) is 47.0 Å². The fraction of sp³-hybridized carbons (Fsp3) is 0.222. The van der Waals surface area contributed by atoms with Crippen LogP contribution in [0, 0.1) is 0 Å². The zero-order chi connectivity index (χ0) is 16.8. The maximum absolute atomic E-state index is 10.8. The van der Waals surface area contributed by atoms with Gasteiger partial charge in [0.05, 0.1) is 0 Å². The Hall–Kier alpha value is -3.02. The van der Waals surface area contributed by atoms with Crippen LogP contribution in [0.2, 0.25) is 0 Å². The van der Waals surface area contributed by atoms with Crippen molar-refractivity contribution in [2.45, 2.75) is 24.9 Å². The quantitative estimate of drug-likeness (QED) is 0.639. The number of hydrogen-bond donors (Lipinski definition) is 2. The molecule has 0 aliphatic heterocycles. The minimum absolute atomic E-state index is 0.0977. The molecule has 6 heteroatoms. The molecule has 2 aliphatic rings. The second kappa shape index (κ2) is 5.26. The normalized spacial score (nSPS) is 20.7. The van der Waals surface area contributed by atoms with E-state index in [0.717, 1.165) is 21.9 Å². The molecular weight excluding hydrogens is 312 g/mol. The lowest BCUT2D eigenvalue weighted by Crippen LogP contribution is -2.27. The highest BCUT2D eigenvalue weighted by atomic mass is 16.7. The van der Waals surface area contributed by atoms with Gasteiger partial charge in [-0.15, -0.1) is 0 Å². The van der Waals surface area contributed by atoms with Crippen molar-refractivity contribution >= 4 is 29.2 Å². The van der Waals surface area contributed by atoms with E-state index in [1.165, 1.54) is 5.56 Å².